The van der Waals surface area contributed by atoms with E-state index in [1.165, 1.54) is 26.4 Å². The number of ether oxygens (including phenoxy) is 2. The van der Waals surface area contributed by atoms with Gasteiger partial charge in [0.15, 0.2) is 11.5 Å². The van der Waals surface area contributed by atoms with Crippen LogP contribution in [-0.4, -0.2) is 51.8 Å². The molecule has 0 radical (unpaired) electrons. The quantitative estimate of drug-likeness (QED) is 0.432. The first kappa shape index (κ1) is 29.7. The zero-order valence-corrected chi connectivity index (χ0v) is 21.5. The average Bonchev–Trinajstić information content (AvgIpc) is 3.65. The first-order valence-corrected chi connectivity index (χ1v) is 12.6. The summed E-state index contributed by atoms with van der Waals surface area (Å²) in [6.07, 6.45) is -2.61. The van der Waals surface area contributed by atoms with Crippen molar-refractivity contribution in [3.8, 4) is 11.5 Å². The minimum atomic E-state index is -5.08. The Morgan fingerprint density at radius 2 is 1.59 bits per heavy atom. The summed E-state index contributed by atoms with van der Waals surface area (Å²) in [7, 11) is -0.866. The van der Waals surface area contributed by atoms with Crippen molar-refractivity contribution in [1.29, 1.82) is 0 Å². The number of carboxylic acid groups (broad SMARTS) is 1. The SMILES string of the molecule is CCC(C)NC(=O)C1(c2ccc(NS(=O)(=O)c3ccc(OC)c(OC)c3)cc2)CC1.O=C(O)C(F)(F)F. The Bertz CT molecular complexity index is 1210. The van der Waals surface area contributed by atoms with E-state index >= 15 is 0 Å². The van der Waals surface area contributed by atoms with Gasteiger partial charge in [0.05, 0.1) is 24.5 Å². The van der Waals surface area contributed by atoms with E-state index in [-0.39, 0.29) is 16.8 Å². The van der Waals surface area contributed by atoms with Crippen LogP contribution in [0.15, 0.2) is 47.4 Å². The summed E-state index contributed by atoms with van der Waals surface area (Å²) in [5.41, 5.74) is 0.827. The maximum Gasteiger partial charge on any atom is 0.490 e. The van der Waals surface area contributed by atoms with Crippen molar-refractivity contribution in [1.82, 2.24) is 5.32 Å². The number of nitrogens with one attached hydrogen (secondary N) is 2. The van der Waals surface area contributed by atoms with Crippen molar-refractivity contribution in [2.24, 2.45) is 0 Å². The van der Waals surface area contributed by atoms with Gasteiger partial charge in [-0.05, 0) is 56.0 Å². The number of methoxy groups -OCH3 is 2. The molecular weight excluding hydrogens is 517 g/mol. The maximum atomic E-state index is 12.8. The van der Waals surface area contributed by atoms with E-state index in [2.05, 4.69) is 10.0 Å². The number of halogens is 3. The van der Waals surface area contributed by atoms with Crippen LogP contribution in [0.4, 0.5) is 18.9 Å². The van der Waals surface area contributed by atoms with Crippen LogP contribution in [-0.2, 0) is 25.0 Å². The van der Waals surface area contributed by atoms with Crippen molar-refractivity contribution >= 4 is 27.6 Å². The van der Waals surface area contributed by atoms with Crippen LogP contribution >= 0.6 is 0 Å². The number of carbonyl (C=O) groups is 2. The van der Waals surface area contributed by atoms with Crippen LogP contribution in [0.3, 0.4) is 0 Å². The molecule has 2 aromatic carbocycles. The number of benzene rings is 2. The first-order valence-electron chi connectivity index (χ1n) is 11.2. The molecule has 1 atom stereocenters. The molecule has 1 aliphatic carbocycles. The van der Waals surface area contributed by atoms with Crippen molar-refractivity contribution in [2.75, 3.05) is 18.9 Å². The number of carbonyl (C=O) groups excluding carboxylic acids is 1. The second kappa shape index (κ2) is 11.7. The minimum absolute atomic E-state index is 0.0375. The summed E-state index contributed by atoms with van der Waals surface area (Å²) in [6, 6.07) is 11.5. The van der Waals surface area contributed by atoms with Crippen molar-refractivity contribution in [2.45, 2.75) is 55.6 Å². The number of alkyl halides is 3. The number of hydrogen-bond donors (Lipinski definition) is 3. The zero-order chi connectivity index (χ0) is 28.0. The topological polar surface area (TPSA) is 131 Å². The third-order valence-electron chi connectivity index (χ3n) is 5.77. The molecule has 204 valence electrons. The molecule has 1 aliphatic rings. The fourth-order valence-electron chi connectivity index (χ4n) is 3.29. The van der Waals surface area contributed by atoms with Crippen molar-refractivity contribution in [3.63, 3.8) is 0 Å². The van der Waals surface area contributed by atoms with E-state index in [9.17, 15) is 26.4 Å². The van der Waals surface area contributed by atoms with Gasteiger partial charge in [-0.1, -0.05) is 19.1 Å². The molecule has 37 heavy (non-hydrogen) atoms. The summed E-state index contributed by atoms with van der Waals surface area (Å²) in [4.78, 5) is 21.6. The van der Waals surface area contributed by atoms with E-state index < -0.39 is 27.6 Å². The number of aliphatic carboxylic acids is 1. The standard InChI is InChI=1S/C22H28N2O5S.C2HF3O2/c1-5-15(2)23-21(25)22(12-13-22)16-6-8-17(9-7-16)24-30(26,27)18-10-11-19(28-3)20(14-18)29-4;3-2(4,5)1(6)7/h6-11,14-15,24H,5,12-13H2,1-4H3,(H,23,25);(H,6,7). The Morgan fingerprint density at radius 1 is 1.05 bits per heavy atom. The Balaban J connectivity index is 0.000000604. The molecule has 13 heteroatoms. The number of rotatable bonds is 9. The first-order chi connectivity index (χ1) is 17.2. The van der Waals surface area contributed by atoms with Crippen LogP contribution in [0.1, 0.15) is 38.7 Å². The van der Waals surface area contributed by atoms with Gasteiger partial charge in [0, 0.05) is 17.8 Å². The number of hydrogen-bond acceptors (Lipinski definition) is 6. The monoisotopic (exact) mass is 546 g/mol. The predicted octanol–water partition coefficient (Wildman–Crippen LogP) is 4.08. The molecule has 9 nitrogen and oxygen atoms in total. The highest BCUT2D eigenvalue weighted by Gasteiger charge is 2.51. The zero-order valence-electron chi connectivity index (χ0n) is 20.7. The lowest BCUT2D eigenvalue weighted by atomic mass is 9.94. The van der Waals surface area contributed by atoms with Gasteiger partial charge in [-0.3, -0.25) is 9.52 Å². The third kappa shape index (κ3) is 7.51. The molecule has 0 spiro atoms. The molecule has 2 aromatic rings. The lowest BCUT2D eigenvalue weighted by molar-refractivity contribution is -0.192. The second-order valence-electron chi connectivity index (χ2n) is 8.37. The highest BCUT2D eigenvalue weighted by atomic mass is 32.2. The second-order valence-corrected chi connectivity index (χ2v) is 10.0. The van der Waals surface area contributed by atoms with Crippen LogP contribution in [0.25, 0.3) is 0 Å². The van der Waals surface area contributed by atoms with Gasteiger partial charge >= 0.3 is 12.1 Å². The van der Waals surface area contributed by atoms with Crippen LogP contribution < -0.4 is 19.5 Å². The highest BCUT2D eigenvalue weighted by Crippen LogP contribution is 2.48. The summed E-state index contributed by atoms with van der Waals surface area (Å²) in [5, 5.41) is 10.2. The maximum absolute atomic E-state index is 12.8. The molecule has 0 aromatic heterocycles. The molecule has 1 saturated carbocycles. The smallest absolute Gasteiger partial charge is 0.490 e. The average molecular weight is 547 g/mol. The molecule has 3 N–H and O–H groups in total. The molecule has 1 fully saturated rings. The normalized spacial score (nSPS) is 14.9. The summed E-state index contributed by atoms with van der Waals surface area (Å²) < 4.78 is 70.1. The Morgan fingerprint density at radius 3 is 2.03 bits per heavy atom. The number of anilines is 1. The minimum Gasteiger partial charge on any atom is -0.493 e. The number of sulfonamides is 1. The van der Waals surface area contributed by atoms with E-state index in [4.69, 9.17) is 19.4 Å². The molecular formula is C24H29F3N2O7S. The van der Waals surface area contributed by atoms with Crippen LogP contribution in [0, 0.1) is 0 Å². The van der Waals surface area contributed by atoms with Gasteiger partial charge in [0.2, 0.25) is 5.91 Å². The van der Waals surface area contributed by atoms with E-state index in [0.29, 0.717) is 17.2 Å². The fraction of sp³-hybridized carbons (Fsp3) is 0.417. The van der Waals surface area contributed by atoms with Gasteiger partial charge in [0.25, 0.3) is 10.0 Å². The third-order valence-corrected chi connectivity index (χ3v) is 7.15. The lowest BCUT2D eigenvalue weighted by Gasteiger charge is -2.19. The molecule has 0 saturated heterocycles. The number of carboxylic acids is 1. The van der Waals surface area contributed by atoms with E-state index in [0.717, 1.165) is 24.8 Å². The van der Waals surface area contributed by atoms with E-state index in [1.54, 1.807) is 18.2 Å². The molecule has 0 heterocycles. The number of amides is 1. The van der Waals surface area contributed by atoms with E-state index in [1.807, 2.05) is 26.0 Å². The molecule has 1 unspecified atom stereocenters. The van der Waals surface area contributed by atoms with Gasteiger partial charge in [-0.15, -0.1) is 0 Å². The summed E-state index contributed by atoms with van der Waals surface area (Å²) in [5.74, 6) is -1.94. The highest BCUT2D eigenvalue weighted by molar-refractivity contribution is 7.92. The van der Waals surface area contributed by atoms with Gasteiger partial charge in [-0.2, -0.15) is 13.2 Å². The molecule has 0 aliphatic heterocycles. The fourth-order valence-corrected chi connectivity index (χ4v) is 4.36. The van der Waals surface area contributed by atoms with Gasteiger partial charge in [0.1, 0.15) is 0 Å². The van der Waals surface area contributed by atoms with Crippen LogP contribution in [0.5, 0.6) is 11.5 Å². The van der Waals surface area contributed by atoms with Crippen LogP contribution in [0.2, 0.25) is 0 Å². The van der Waals surface area contributed by atoms with Crippen molar-refractivity contribution < 1.29 is 45.8 Å². The predicted molar refractivity (Wildman–Crippen MR) is 129 cm³/mol. The Kier molecular flexibility index (Phi) is 9.42. The summed E-state index contributed by atoms with van der Waals surface area (Å²) >= 11 is 0. The van der Waals surface area contributed by atoms with Gasteiger partial charge in [-0.25, -0.2) is 13.2 Å². The largest absolute Gasteiger partial charge is 0.493 e. The lowest BCUT2D eigenvalue weighted by Crippen LogP contribution is -2.39. The molecule has 0 bridgehead atoms. The van der Waals surface area contributed by atoms with Gasteiger partial charge < -0.3 is 19.9 Å². The Hall–Kier alpha value is -3.48. The molecule has 3 rings (SSSR count). The molecule has 1 amide bonds. The summed E-state index contributed by atoms with van der Waals surface area (Å²) in [6.45, 7) is 4.02. The van der Waals surface area contributed by atoms with Crippen molar-refractivity contribution in [3.05, 3.63) is 48.0 Å². The Labute approximate surface area is 213 Å².